The number of carbonyl (C=O) groups is 1. The highest BCUT2D eigenvalue weighted by molar-refractivity contribution is 7.14. The van der Waals surface area contributed by atoms with Gasteiger partial charge >= 0.3 is 5.97 Å². The summed E-state index contributed by atoms with van der Waals surface area (Å²) in [5, 5.41) is 13.2. The predicted octanol–water partition coefficient (Wildman–Crippen LogP) is 4.67. The van der Waals surface area contributed by atoms with Gasteiger partial charge in [0.25, 0.3) is 0 Å². The van der Waals surface area contributed by atoms with Gasteiger partial charge in [-0.15, -0.1) is 11.3 Å². The first-order valence-corrected chi connectivity index (χ1v) is 7.05. The molecule has 0 fully saturated rings. The number of hydrogen-bond acceptors (Lipinski definition) is 3. The third kappa shape index (κ3) is 3.62. The van der Waals surface area contributed by atoms with Crippen LogP contribution in [-0.4, -0.2) is 11.1 Å². The topological polar surface area (TPSA) is 49.3 Å². The molecule has 6 heteroatoms. The molecule has 1 aromatic carbocycles. The van der Waals surface area contributed by atoms with E-state index < -0.39 is 5.97 Å². The molecule has 100 valence electrons. The lowest BCUT2D eigenvalue weighted by atomic mass is 10.2. The third-order valence-corrected chi connectivity index (χ3v) is 4.09. The molecule has 1 aromatic heterocycles. The number of hydrogen-bond donors (Lipinski definition) is 2. The van der Waals surface area contributed by atoms with E-state index in [0.717, 1.165) is 16.1 Å². The van der Waals surface area contributed by atoms with Gasteiger partial charge in [-0.3, -0.25) is 0 Å². The average Bonchev–Trinajstić information content (AvgIpc) is 2.67. The molecule has 0 saturated heterocycles. The van der Waals surface area contributed by atoms with Crippen LogP contribution in [-0.2, 0) is 6.54 Å². The zero-order chi connectivity index (χ0) is 14.0. The molecule has 0 bridgehead atoms. The van der Waals surface area contributed by atoms with Gasteiger partial charge in [-0.1, -0.05) is 23.2 Å². The summed E-state index contributed by atoms with van der Waals surface area (Å²) in [7, 11) is 0. The van der Waals surface area contributed by atoms with Gasteiger partial charge in [-0.05, 0) is 36.8 Å². The van der Waals surface area contributed by atoms with Crippen molar-refractivity contribution in [3.8, 4) is 0 Å². The van der Waals surface area contributed by atoms with Crippen molar-refractivity contribution in [3.05, 3.63) is 49.6 Å². The van der Waals surface area contributed by atoms with E-state index in [-0.39, 0.29) is 0 Å². The lowest BCUT2D eigenvalue weighted by Gasteiger charge is -2.07. The first kappa shape index (κ1) is 14.2. The number of anilines is 1. The second-order valence-corrected chi connectivity index (χ2v) is 6.14. The van der Waals surface area contributed by atoms with Crippen LogP contribution in [0.4, 0.5) is 5.69 Å². The summed E-state index contributed by atoms with van der Waals surface area (Å²) in [5.74, 6) is -0.898. The van der Waals surface area contributed by atoms with Crippen molar-refractivity contribution in [1.29, 1.82) is 0 Å². The number of carboxylic acids is 1. The Morgan fingerprint density at radius 2 is 1.89 bits per heavy atom. The van der Waals surface area contributed by atoms with Gasteiger partial charge in [0.2, 0.25) is 0 Å². The minimum absolute atomic E-state index is 0.346. The molecule has 1 heterocycles. The molecule has 3 nitrogen and oxygen atoms in total. The fourth-order valence-electron chi connectivity index (χ4n) is 1.65. The lowest BCUT2D eigenvalue weighted by molar-refractivity contribution is 0.0702. The van der Waals surface area contributed by atoms with Crippen LogP contribution in [0.1, 0.15) is 20.1 Å². The Balaban J connectivity index is 2.12. The van der Waals surface area contributed by atoms with Crippen molar-refractivity contribution < 1.29 is 9.90 Å². The highest BCUT2D eigenvalue weighted by Gasteiger charge is 2.10. The summed E-state index contributed by atoms with van der Waals surface area (Å²) in [6.45, 7) is 2.44. The molecular formula is C13H11Cl2NO2S. The molecule has 0 radical (unpaired) electrons. The zero-order valence-electron chi connectivity index (χ0n) is 10.0. The van der Waals surface area contributed by atoms with E-state index in [1.807, 2.05) is 6.92 Å². The molecule has 0 aliphatic heterocycles. The van der Waals surface area contributed by atoms with E-state index in [4.69, 9.17) is 28.3 Å². The Hall–Kier alpha value is -1.23. The predicted molar refractivity (Wildman–Crippen MR) is 79.8 cm³/mol. The number of carboxylic acid groups (broad SMARTS) is 1. The van der Waals surface area contributed by atoms with Crippen LogP contribution >= 0.6 is 34.5 Å². The fraction of sp³-hybridized carbons (Fsp3) is 0.154. The van der Waals surface area contributed by atoms with Gasteiger partial charge in [0, 0.05) is 27.2 Å². The molecule has 0 spiro atoms. The van der Waals surface area contributed by atoms with Crippen LogP contribution in [0, 0.1) is 6.92 Å². The Bertz CT molecular complexity index is 605. The van der Waals surface area contributed by atoms with E-state index in [2.05, 4.69) is 5.32 Å². The van der Waals surface area contributed by atoms with Crippen LogP contribution in [0.15, 0.2) is 24.3 Å². The first-order chi connectivity index (χ1) is 8.95. The molecule has 0 saturated carbocycles. The smallest absolute Gasteiger partial charge is 0.345 e. The minimum Gasteiger partial charge on any atom is -0.477 e. The molecule has 0 aliphatic rings. The van der Waals surface area contributed by atoms with Gasteiger partial charge in [0.05, 0.1) is 0 Å². The molecule has 0 aliphatic carbocycles. The third-order valence-electron chi connectivity index (χ3n) is 2.58. The molecule has 0 unspecified atom stereocenters. The van der Waals surface area contributed by atoms with E-state index in [0.29, 0.717) is 21.5 Å². The van der Waals surface area contributed by atoms with E-state index in [1.54, 1.807) is 24.3 Å². The summed E-state index contributed by atoms with van der Waals surface area (Å²) >= 11 is 13.1. The Morgan fingerprint density at radius 1 is 1.26 bits per heavy atom. The van der Waals surface area contributed by atoms with Gasteiger partial charge in [0.1, 0.15) is 4.88 Å². The Labute approximate surface area is 124 Å². The number of halogens is 2. The number of thiophene rings is 1. The standard InChI is InChI=1S/C13H11Cl2NO2S/c1-7-8(2-12(19-7)13(17)18)6-16-11-4-9(14)3-10(15)5-11/h2-5,16H,6H2,1H3,(H,17,18). The van der Waals surface area contributed by atoms with Gasteiger partial charge in [-0.25, -0.2) is 4.79 Å². The lowest BCUT2D eigenvalue weighted by Crippen LogP contribution is -1.99. The van der Waals surface area contributed by atoms with Crippen molar-refractivity contribution in [3.63, 3.8) is 0 Å². The van der Waals surface area contributed by atoms with Crippen molar-refractivity contribution in [2.75, 3.05) is 5.32 Å². The summed E-state index contributed by atoms with van der Waals surface area (Å²) in [6, 6.07) is 6.88. The molecule has 2 N–H and O–H groups in total. The number of benzene rings is 1. The highest BCUT2D eigenvalue weighted by atomic mass is 35.5. The summed E-state index contributed by atoms with van der Waals surface area (Å²) in [6.07, 6.45) is 0. The average molecular weight is 316 g/mol. The highest BCUT2D eigenvalue weighted by Crippen LogP contribution is 2.25. The SMILES string of the molecule is Cc1sc(C(=O)O)cc1CNc1cc(Cl)cc(Cl)c1. The van der Waals surface area contributed by atoms with Gasteiger partial charge in [-0.2, -0.15) is 0 Å². The van der Waals surface area contributed by atoms with E-state index >= 15 is 0 Å². The maximum atomic E-state index is 10.9. The van der Waals surface area contributed by atoms with Crippen LogP contribution in [0.25, 0.3) is 0 Å². The molecular weight excluding hydrogens is 305 g/mol. The van der Waals surface area contributed by atoms with Crippen LogP contribution in [0.5, 0.6) is 0 Å². The number of aryl methyl sites for hydroxylation is 1. The maximum absolute atomic E-state index is 10.9. The molecule has 2 rings (SSSR count). The van der Waals surface area contributed by atoms with Gasteiger partial charge in [0.15, 0.2) is 0 Å². The number of nitrogens with one attached hydrogen (secondary N) is 1. The number of rotatable bonds is 4. The van der Waals surface area contributed by atoms with Crippen molar-refractivity contribution in [2.45, 2.75) is 13.5 Å². The zero-order valence-corrected chi connectivity index (χ0v) is 12.4. The molecule has 19 heavy (non-hydrogen) atoms. The second-order valence-electron chi connectivity index (χ2n) is 4.01. The summed E-state index contributed by atoms with van der Waals surface area (Å²) in [4.78, 5) is 12.2. The largest absolute Gasteiger partial charge is 0.477 e. The van der Waals surface area contributed by atoms with Crippen LogP contribution in [0.2, 0.25) is 10.0 Å². The first-order valence-electron chi connectivity index (χ1n) is 5.48. The van der Waals surface area contributed by atoms with Crippen LogP contribution < -0.4 is 5.32 Å². The van der Waals surface area contributed by atoms with Gasteiger partial charge < -0.3 is 10.4 Å². The maximum Gasteiger partial charge on any atom is 0.345 e. The monoisotopic (exact) mass is 315 g/mol. The van der Waals surface area contributed by atoms with Crippen LogP contribution in [0.3, 0.4) is 0 Å². The van der Waals surface area contributed by atoms with Crippen molar-refractivity contribution in [1.82, 2.24) is 0 Å². The van der Waals surface area contributed by atoms with E-state index in [9.17, 15) is 4.79 Å². The van der Waals surface area contributed by atoms with Crippen molar-refractivity contribution in [2.24, 2.45) is 0 Å². The van der Waals surface area contributed by atoms with Crippen molar-refractivity contribution >= 4 is 46.2 Å². The number of aromatic carboxylic acids is 1. The molecule has 0 amide bonds. The summed E-state index contributed by atoms with van der Waals surface area (Å²) < 4.78 is 0. The molecule has 2 aromatic rings. The minimum atomic E-state index is -0.898. The Morgan fingerprint density at radius 3 is 2.42 bits per heavy atom. The normalized spacial score (nSPS) is 10.5. The fourth-order valence-corrected chi connectivity index (χ4v) is 3.06. The summed E-state index contributed by atoms with van der Waals surface area (Å²) in [5.41, 5.74) is 1.76. The second kappa shape index (κ2) is 5.82. The van der Waals surface area contributed by atoms with E-state index in [1.165, 1.54) is 11.3 Å². The quantitative estimate of drug-likeness (QED) is 0.861. The molecule has 0 atom stereocenters. The Kier molecular flexibility index (Phi) is 4.34.